The maximum Gasteiger partial charge on any atom is 0.246 e. The minimum Gasteiger partial charge on any atom is -0.497 e. The Labute approximate surface area is 158 Å². The van der Waals surface area contributed by atoms with Crippen LogP contribution in [0.15, 0.2) is 48.7 Å². The highest BCUT2D eigenvalue weighted by Crippen LogP contribution is 2.18. The molecule has 2 aromatic rings. The summed E-state index contributed by atoms with van der Waals surface area (Å²) in [5.74, 6) is 1.16. The molecule has 0 spiro atoms. The van der Waals surface area contributed by atoms with Gasteiger partial charge in [0, 0.05) is 24.9 Å². The van der Waals surface area contributed by atoms with Gasteiger partial charge >= 0.3 is 0 Å². The summed E-state index contributed by atoms with van der Waals surface area (Å²) in [5.41, 5.74) is 1.44. The van der Waals surface area contributed by atoms with Gasteiger partial charge in [0.05, 0.1) is 25.3 Å². The van der Waals surface area contributed by atoms with Gasteiger partial charge in [-0.1, -0.05) is 12.1 Å². The Morgan fingerprint density at radius 1 is 1.33 bits per heavy atom. The van der Waals surface area contributed by atoms with Gasteiger partial charge < -0.3 is 14.4 Å². The first-order valence-corrected chi connectivity index (χ1v) is 8.82. The minimum atomic E-state index is -0.126. The number of amides is 1. The number of ether oxygens (including phenoxy) is 2. The quantitative estimate of drug-likeness (QED) is 0.763. The molecule has 1 atom stereocenters. The van der Waals surface area contributed by atoms with E-state index in [0.717, 1.165) is 24.2 Å². The molecule has 138 valence electrons. The molecule has 1 unspecified atom stereocenters. The summed E-state index contributed by atoms with van der Waals surface area (Å²) in [4.78, 5) is 18.4. The lowest BCUT2D eigenvalue weighted by Gasteiger charge is -2.32. The number of aromatic nitrogens is 1. The first-order valence-electron chi connectivity index (χ1n) is 8.82. The zero-order valence-electron chi connectivity index (χ0n) is 15.2. The highest BCUT2D eigenvalue weighted by molar-refractivity contribution is 5.91. The number of pyridine rings is 1. The molecule has 1 fully saturated rings. The molecular weight excluding hydrogens is 342 g/mol. The number of nitrogens with zero attached hydrogens (tertiary/aromatic N) is 3. The van der Waals surface area contributed by atoms with Crippen molar-refractivity contribution in [3.05, 3.63) is 59.8 Å². The maximum absolute atomic E-state index is 12.5. The summed E-state index contributed by atoms with van der Waals surface area (Å²) < 4.78 is 11.0. The Bertz CT molecular complexity index is 856. The molecule has 0 N–H and O–H groups in total. The SMILES string of the molecule is COc1ccc(/C=C/C(=O)N2CCCC(Oc3cc(C#N)ccn3)C2)cc1. The molecule has 27 heavy (non-hydrogen) atoms. The summed E-state index contributed by atoms with van der Waals surface area (Å²) >= 11 is 0. The fourth-order valence-electron chi connectivity index (χ4n) is 2.94. The lowest BCUT2D eigenvalue weighted by molar-refractivity contribution is -0.128. The van der Waals surface area contributed by atoms with E-state index >= 15 is 0 Å². The highest BCUT2D eigenvalue weighted by atomic mass is 16.5. The van der Waals surface area contributed by atoms with Gasteiger partial charge in [-0.2, -0.15) is 5.26 Å². The van der Waals surface area contributed by atoms with Gasteiger partial charge in [0.25, 0.3) is 0 Å². The molecule has 0 saturated carbocycles. The van der Waals surface area contributed by atoms with E-state index in [0.29, 0.717) is 24.5 Å². The Hall–Kier alpha value is -3.33. The topological polar surface area (TPSA) is 75.4 Å². The van der Waals surface area contributed by atoms with Crippen LogP contribution in [-0.2, 0) is 4.79 Å². The Balaban J connectivity index is 1.58. The van der Waals surface area contributed by atoms with Crippen molar-refractivity contribution in [2.75, 3.05) is 20.2 Å². The van der Waals surface area contributed by atoms with Crippen LogP contribution in [0.4, 0.5) is 0 Å². The first kappa shape index (κ1) is 18.5. The standard InChI is InChI=1S/C21H21N3O3/c1-26-18-7-4-16(5-8-18)6-9-21(25)24-12-2-3-19(15-24)27-20-13-17(14-22)10-11-23-20/h4-11,13,19H,2-3,12,15H2,1H3/b9-6+. The Morgan fingerprint density at radius 3 is 2.89 bits per heavy atom. The molecule has 1 aliphatic rings. The highest BCUT2D eigenvalue weighted by Gasteiger charge is 2.24. The number of hydrogen-bond acceptors (Lipinski definition) is 5. The molecule has 1 amide bonds. The average Bonchev–Trinajstić information content (AvgIpc) is 2.72. The second-order valence-corrected chi connectivity index (χ2v) is 6.27. The summed E-state index contributed by atoms with van der Waals surface area (Å²) in [6.07, 6.45) is 6.52. The van der Waals surface area contributed by atoms with Crippen LogP contribution in [0.1, 0.15) is 24.0 Å². The third kappa shape index (κ3) is 5.08. The molecule has 0 aliphatic carbocycles. The number of likely N-dealkylation sites (tertiary alicyclic amines) is 1. The zero-order chi connectivity index (χ0) is 19.1. The molecule has 3 rings (SSSR count). The Kier molecular flexibility index (Phi) is 6.06. The van der Waals surface area contributed by atoms with E-state index in [2.05, 4.69) is 11.1 Å². The smallest absolute Gasteiger partial charge is 0.246 e. The normalized spacial score (nSPS) is 16.7. The fourth-order valence-corrected chi connectivity index (χ4v) is 2.94. The van der Waals surface area contributed by atoms with Crippen molar-refractivity contribution in [3.63, 3.8) is 0 Å². The van der Waals surface area contributed by atoms with Crippen molar-refractivity contribution >= 4 is 12.0 Å². The van der Waals surface area contributed by atoms with Crippen molar-refractivity contribution < 1.29 is 14.3 Å². The number of hydrogen-bond donors (Lipinski definition) is 0. The molecule has 1 aromatic carbocycles. The van der Waals surface area contributed by atoms with E-state index in [4.69, 9.17) is 14.7 Å². The van der Waals surface area contributed by atoms with Gasteiger partial charge in [0.1, 0.15) is 11.9 Å². The number of carbonyl (C=O) groups excluding carboxylic acids is 1. The second kappa shape index (κ2) is 8.86. The van der Waals surface area contributed by atoms with E-state index in [1.807, 2.05) is 24.3 Å². The lowest BCUT2D eigenvalue weighted by Crippen LogP contribution is -2.43. The number of rotatable bonds is 5. The third-order valence-corrected chi connectivity index (χ3v) is 4.38. The van der Waals surface area contributed by atoms with Gasteiger partial charge in [0.15, 0.2) is 0 Å². The average molecular weight is 363 g/mol. The van der Waals surface area contributed by atoms with Crippen LogP contribution in [-0.4, -0.2) is 42.1 Å². The first-order chi connectivity index (χ1) is 13.2. The van der Waals surface area contributed by atoms with E-state index in [-0.39, 0.29) is 12.0 Å². The number of nitriles is 1. The molecule has 6 nitrogen and oxygen atoms in total. The van der Waals surface area contributed by atoms with Crippen LogP contribution in [0, 0.1) is 11.3 Å². The monoisotopic (exact) mass is 363 g/mol. The van der Waals surface area contributed by atoms with Crippen molar-refractivity contribution in [2.24, 2.45) is 0 Å². The molecule has 1 aromatic heterocycles. The van der Waals surface area contributed by atoms with Gasteiger partial charge in [-0.15, -0.1) is 0 Å². The molecule has 0 bridgehead atoms. The number of carbonyl (C=O) groups is 1. The minimum absolute atomic E-state index is 0.0437. The van der Waals surface area contributed by atoms with E-state index in [1.165, 1.54) is 0 Å². The zero-order valence-corrected chi connectivity index (χ0v) is 15.2. The van der Waals surface area contributed by atoms with Crippen LogP contribution in [0.2, 0.25) is 0 Å². The van der Waals surface area contributed by atoms with Gasteiger partial charge in [-0.25, -0.2) is 4.98 Å². The molecule has 1 saturated heterocycles. The van der Waals surface area contributed by atoms with Crippen LogP contribution < -0.4 is 9.47 Å². The maximum atomic E-state index is 12.5. The molecular formula is C21H21N3O3. The van der Waals surface area contributed by atoms with E-state index in [9.17, 15) is 4.79 Å². The van der Waals surface area contributed by atoms with Crippen molar-refractivity contribution in [1.82, 2.24) is 9.88 Å². The van der Waals surface area contributed by atoms with Crippen LogP contribution >= 0.6 is 0 Å². The largest absolute Gasteiger partial charge is 0.497 e. The molecule has 1 aliphatic heterocycles. The lowest BCUT2D eigenvalue weighted by atomic mass is 10.1. The van der Waals surface area contributed by atoms with Crippen LogP contribution in [0.3, 0.4) is 0 Å². The Morgan fingerprint density at radius 2 is 2.15 bits per heavy atom. The number of benzene rings is 1. The molecule has 2 heterocycles. The van der Waals surface area contributed by atoms with Gasteiger partial charge in [-0.05, 0) is 42.7 Å². The van der Waals surface area contributed by atoms with Crippen molar-refractivity contribution in [1.29, 1.82) is 5.26 Å². The fraction of sp³-hybridized carbons (Fsp3) is 0.286. The summed E-state index contributed by atoms with van der Waals surface area (Å²) in [6, 6.07) is 12.8. The van der Waals surface area contributed by atoms with E-state index < -0.39 is 0 Å². The molecule has 0 radical (unpaired) electrons. The van der Waals surface area contributed by atoms with Crippen molar-refractivity contribution in [2.45, 2.75) is 18.9 Å². The third-order valence-electron chi connectivity index (χ3n) is 4.38. The summed E-state index contributed by atoms with van der Waals surface area (Å²) in [7, 11) is 1.62. The van der Waals surface area contributed by atoms with Gasteiger partial charge in [0.2, 0.25) is 11.8 Å². The van der Waals surface area contributed by atoms with Crippen LogP contribution in [0.5, 0.6) is 11.6 Å². The number of piperidine rings is 1. The summed E-state index contributed by atoms with van der Waals surface area (Å²) in [6.45, 7) is 1.21. The van der Waals surface area contributed by atoms with Crippen molar-refractivity contribution in [3.8, 4) is 17.7 Å². The predicted octanol–water partition coefficient (Wildman–Crippen LogP) is 3.05. The number of methoxy groups -OCH3 is 1. The second-order valence-electron chi connectivity index (χ2n) is 6.27. The van der Waals surface area contributed by atoms with E-state index in [1.54, 1.807) is 42.5 Å². The summed E-state index contributed by atoms with van der Waals surface area (Å²) in [5, 5.41) is 8.96. The predicted molar refractivity (Wildman–Crippen MR) is 101 cm³/mol. The molecule has 6 heteroatoms. The van der Waals surface area contributed by atoms with Gasteiger partial charge in [-0.3, -0.25) is 4.79 Å². The van der Waals surface area contributed by atoms with Crippen LogP contribution in [0.25, 0.3) is 6.08 Å².